The van der Waals surface area contributed by atoms with Gasteiger partial charge in [0.25, 0.3) is 0 Å². The first-order valence-corrected chi connectivity index (χ1v) is 8.15. The maximum Gasteiger partial charge on any atom is 0.341 e. The van der Waals surface area contributed by atoms with Crippen LogP contribution in [0.15, 0.2) is 35.3 Å². The Balaban J connectivity index is 1.84. The molecule has 7 nitrogen and oxygen atoms in total. The first-order chi connectivity index (χ1) is 11.6. The molecule has 124 valence electrons. The highest BCUT2D eigenvalue weighted by molar-refractivity contribution is 7.22. The maximum atomic E-state index is 12.1. The molecule has 0 aliphatic heterocycles. The van der Waals surface area contributed by atoms with Gasteiger partial charge in [-0.15, -0.1) is 0 Å². The molecular formula is C16H15N3O4S. The number of aromatic nitrogens is 2. The number of H-pyrrole nitrogens is 1. The number of thiazole rings is 1. The first kappa shape index (κ1) is 16.0. The highest BCUT2D eigenvalue weighted by atomic mass is 32.1. The maximum absolute atomic E-state index is 12.1. The Kier molecular flexibility index (Phi) is 4.48. The van der Waals surface area contributed by atoms with Crippen LogP contribution in [0.3, 0.4) is 0 Å². The monoisotopic (exact) mass is 345 g/mol. The van der Waals surface area contributed by atoms with Crippen LogP contribution in [0.2, 0.25) is 0 Å². The lowest BCUT2D eigenvalue weighted by atomic mass is 10.3. The Bertz CT molecular complexity index is 931. The molecule has 3 aromatic rings. The van der Waals surface area contributed by atoms with Gasteiger partial charge in [0.05, 0.1) is 6.61 Å². The number of carbonyl (C=O) groups is 1. The van der Waals surface area contributed by atoms with E-state index in [1.165, 1.54) is 0 Å². The summed E-state index contributed by atoms with van der Waals surface area (Å²) in [6.45, 7) is 2.71. The molecule has 0 saturated heterocycles. The number of carboxylic acid groups (broad SMARTS) is 1. The van der Waals surface area contributed by atoms with Crippen molar-refractivity contribution >= 4 is 38.5 Å². The zero-order chi connectivity index (χ0) is 17.1. The van der Waals surface area contributed by atoms with Gasteiger partial charge in [-0.1, -0.05) is 18.3 Å². The number of nitrogens with one attached hydrogen (secondary N) is 2. The third-order valence-corrected chi connectivity index (χ3v) is 4.21. The lowest BCUT2D eigenvalue weighted by Gasteiger charge is -2.06. The number of hydrogen-bond donors (Lipinski definition) is 3. The highest BCUT2D eigenvalue weighted by Gasteiger charge is 2.15. The van der Waals surface area contributed by atoms with E-state index in [2.05, 4.69) is 15.3 Å². The number of pyridine rings is 1. The van der Waals surface area contributed by atoms with E-state index in [-0.39, 0.29) is 10.3 Å². The van der Waals surface area contributed by atoms with Crippen molar-refractivity contribution in [2.45, 2.75) is 13.3 Å². The molecule has 0 saturated carbocycles. The van der Waals surface area contributed by atoms with Crippen LogP contribution in [-0.4, -0.2) is 27.7 Å². The SMILES string of the molecule is CCCOc1ccc(Nc2nc3[nH]cc(C(=O)O)c(=O)c3s2)cc1. The second-order valence-electron chi connectivity index (χ2n) is 5.03. The molecule has 0 bridgehead atoms. The number of aromatic carboxylic acids is 1. The molecule has 0 amide bonds. The molecule has 0 aliphatic carbocycles. The van der Waals surface area contributed by atoms with Crippen molar-refractivity contribution in [2.75, 3.05) is 11.9 Å². The van der Waals surface area contributed by atoms with Crippen molar-refractivity contribution in [1.82, 2.24) is 9.97 Å². The first-order valence-electron chi connectivity index (χ1n) is 7.34. The summed E-state index contributed by atoms with van der Waals surface area (Å²) in [5, 5.41) is 12.6. The van der Waals surface area contributed by atoms with Crippen LogP contribution in [0.1, 0.15) is 23.7 Å². The van der Waals surface area contributed by atoms with E-state index in [0.29, 0.717) is 17.4 Å². The molecule has 0 atom stereocenters. The van der Waals surface area contributed by atoms with Gasteiger partial charge in [0.2, 0.25) is 5.43 Å². The smallest absolute Gasteiger partial charge is 0.341 e. The van der Waals surface area contributed by atoms with Gasteiger partial charge < -0.3 is 20.1 Å². The van der Waals surface area contributed by atoms with Crippen LogP contribution in [0, 0.1) is 0 Å². The van der Waals surface area contributed by atoms with Gasteiger partial charge in [-0.2, -0.15) is 0 Å². The van der Waals surface area contributed by atoms with Crippen molar-refractivity contribution in [3.8, 4) is 5.75 Å². The predicted octanol–water partition coefficient (Wildman–Crippen LogP) is 3.22. The van der Waals surface area contributed by atoms with E-state index in [4.69, 9.17) is 9.84 Å². The summed E-state index contributed by atoms with van der Waals surface area (Å²) in [5.74, 6) is -0.475. The summed E-state index contributed by atoms with van der Waals surface area (Å²) in [6, 6.07) is 7.39. The predicted molar refractivity (Wildman–Crippen MR) is 92.7 cm³/mol. The molecule has 0 aliphatic rings. The Hall–Kier alpha value is -2.87. The fourth-order valence-electron chi connectivity index (χ4n) is 2.09. The average Bonchev–Trinajstić information content (AvgIpc) is 2.98. The average molecular weight is 345 g/mol. The van der Waals surface area contributed by atoms with Crippen molar-refractivity contribution in [1.29, 1.82) is 0 Å². The van der Waals surface area contributed by atoms with E-state index >= 15 is 0 Å². The fraction of sp³-hybridized carbons (Fsp3) is 0.188. The van der Waals surface area contributed by atoms with Gasteiger partial charge in [0.15, 0.2) is 10.8 Å². The van der Waals surface area contributed by atoms with Crippen molar-refractivity contribution in [3.63, 3.8) is 0 Å². The van der Waals surface area contributed by atoms with E-state index in [0.717, 1.165) is 35.4 Å². The van der Waals surface area contributed by atoms with E-state index in [1.807, 2.05) is 31.2 Å². The molecule has 0 unspecified atom stereocenters. The molecule has 1 aromatic carbocycles. The lowest BCUT2D eigenvalue weighted by Crippen LogP contribution is -2.14. The number of fused-ring (bicyclic) bond motifs is 1. The Morgan fingerprint density at radius 3 is 2.79 bits per heavy atom. The number of hydrogen-bond acceptors (Lipinski definition) is 6. The molecule has 8 heteroatoms. The lowest BCUT2D eigenvalue weighted by molar-refractivity contribution is 0.0695. The molecule has 2 aromatic heterocycles. The number of nitrogens with zero attached hydrogens (tertiary/aromatic N) is 1. The largest absolute Gasteiger partial charge is 0.494 e. The van der Waals surface area contributed by atoms with Gasteiger partial charge in [-0.3, -0.25) is 4.79 Å². The molecule has 3 N–H and O–H groups in total. The van der Waals surface area contributed by atoms with Gasteiger partial charge in [0.1, 0.15) is 16.0 Å². The number of anilines is 2. The quantitative estimate of drug-likeness (QED) is 0.634. The summed E-state index contributed by atoms with van der Waals surface area (Å²) in [4.78, 5) is 30.1. The molecular weight excluding hydrogens is 330 g/mol. The molecule has 0 radical (unpaired) electrons. The Morgan fingerprint density at radius 2 is 2.12 bits per heavy atom. The number of ether oxygens (including phenoxy) is 1. The zero-order valence-corrected chi connectivity index (χ0v) is 13.6. The van der Waals surface area contributed by atoms with Crippen LogP contribution in [0.4, 0.5) is 10.8 Å². The second-order valence-corrected chi connectivity index (χ2v) is 6.03. The zero-order valence-electron chi connectivity index (χ0n) is 12.8. The minimum Gasteiger partial charge on any atom is -0.494 e. The Morgan fingerprint density at radius 1 is 1.38 bits per heavy atom. The van der Waals surface area contributed by atoms with E-state index < -0.39 is 11.4 Å². The van der Waals surface area contributed by atoms with Crippen molar-refractivity contribution in [3.05, 3.63) is 46.2 Å². The van der Waals surface area contributed by atoms with Crippen LogP contribution >= 0.6 is 11.3 Å². The van der Waals surface area contributed by atoms with E-state index in [1.54, 1.807) is 0 Å². The van der Waals surface area contributed by atoms with Gasteiger partial charge in [-0.25, -0.2) is 9.78 Å². The second kappa shape index (κ2) is 6.71. The topological polar surface area (TPSA) is 104 Å². The molecule has 0 fully saturated rings. The fourth-order valence-corrected chi connectivity index (χ4v) is 2.99. The third-order valence-electron chi connectivity index (χ3n) is 3.24. The Labute approximate surface area is 140 Å². The van der Waals surface area contributed by atoms with Gasteiger partial charge >= 0.3 is 5.97 Å². The number of rotatable bonds is 6. The summed E-state index contributed by atoms with van der Waals surface area (Å²) >= 11 is 1.11. The summed E-state index contributed by atoms with van der Waals surface area (Å²) in [5.41, 5.74) is 0.324. The van der Waals surface area contributed by atoms with Crippen LogP contribution in [0.5, 0.6) is 5.75 Å². The number of benzene rings is 1. The van der Waals surface area contributed by atoms with Crippen LogP contribution in [-0.2, 0) is 0 Å². The molecule has 3 rings (SSSR count). The normalized spacial score (nSPS) is 10.7. The standard InChI is InChI=1S/C16H15N3O4S/c1-2-7-23-10-5-3-9(4-6-10)18-16-19-14-13(24-16)12(20)11(8-17-14)15(21)22/h3-6,8H,2,7H2,1H3,(H,21,22)(H2,17,18,19,20). The summed E-state index contributed by atoms with van der Waals surface area (Å²) in [6.07, 6.45) is 2.11. The molecule has 2 heterocycles. The highest BCUT2D eigenvalue weighted by Crippen LogP contribution is 2.26. The number of aromatic amines is 1. The van der Waals surface area contributed by atoms with Gasteiger partial charge in [0, 0.05) is 11.9 Å². The minimum absolute atomic E-state index is 0.278. The molecule has 0 spiro atoms. The minimum atomic E-state index is -1.26. The summed E-state index contributed by atoms with van der Waals surface area (Å²) in [7, 11) is 0. The number of carboxylic acids is 1. The van der Waals surface area contributed by atoms with Gasteiger partial charge in [-0.05, 0) is 30.7 Å². The van der Waals surface area contributed by atoms with Crippen molar-refractivity contribution in [2.24, 2.45) is 0 Å². The van der Waals surface area contributed by atoms with Crippen LogP contribution in [0.25, 0.3) is 10.3 Å². The van der Waals surface area contributed by atoms with Crippen molar-refractivity contribution < 1.29 is 14.6 Å². The van der Waals surface area contributed by atoms with E-state index in [9.17, 15) is 9.59 Å². The molecule has 24 heavy (non-hydrogen) atoms. The third kappa shape index (κ3) is 3.23. The summed E-state index contributed by atoms with van der Waals surface area (Å²) < 4.78 is 5.80. The van der Waals surface area contributed by atoms with Crippen LogP contribution < -0.4 is 15.5 Å².